The lowest BCUT2D eigenvalue weighted by Crippen LogP contribution is -2.42. The molecule has 0 aliphatic heterocycles. The minimum Gasteiger partial charge on any atom is -0.446 e. The van der Waals surface area contributed by atoms with Crippen molar-refractivity contribution in [3.05, 3.63) is 34.5 Å². The average Bonchev–Trinajstić information content (AvgIpc) is 3.12. The van der Waals surface area contributed by atoms with Crippen LogP contribution in [-0.4, -0.2) is 37.5 Å². The van der Waals surface area contributed by atoms with Crippen LogP contribution in [0.4, 0.5) is 5.82 Å². The molecule has 0 fully saturated rings. The molecule has 3 aromatic heterocycles. The third-order valence-corrected chi connectivity index (χ3v) is 4.28. The molecule has 0 unspecified atom stereocenters. The summed E-state index contributed by atoms with van der Waals surface area (Å²) in [5, 5.41) is 4.35. The molecular weight excluding hydrogens is 386 g/mol. The third kappa shape index (κ3) is 3.26. The van der Waals surface area contributed by atoms with Crippen LogP contribution in [0.15, 0.2) is 33.4 Å². The predicted octanol–water partition coefficient (Wildman–Crippen LogP) is 3.59. The number of hydrogen-bond donors (Lipinski definition) is 1. The number of carbonyl (C=O) groups is 1. The molecule has 0 aromatic carbocycles. The number of fused-ring (bicyclic) bond motifs is 1. The minimum atomic E-state index is -0.0792. The van der Waals surface area contributed by atoms with Gasteiger partial charge < -0.3 is 15.1 Å². The fraction of sp³-hybridized carbons (Fsp3) is 0.353. The molecule has 0 saturated carbocycles. The summed E-state index contributed by atoms with van der Waals surface area (Å²) in [7, 11) is 0. The van der Waals surface area contributed by atoms with E-state index < -0.39 is 0 Å². The van der Waals surface area contributed by atoms with Gasteiger partial charge in [0.25, 0.3) is 5.91 Å². The van der Waals surface area contributed by atoms with Crippen LogP contribution in [0, 0.1) is 0 Å². The first-order chi connectivity index (χ1) is 11.8. The van der Waals surface area contributed by atoms with Crippen LogP contribution in [0.5, 0.6) is 0 Å². The van der Waals surface area contributed by atoms with Crippen LogP contribution in [0.1, 0.15) is 38.1 Å². The van der Waals surface area contributed by atoms with Gasteiger partial charge >= 0.3 is 0 Å². The highest BCUT2D eigenvalue weighted by Gasteiger charge is 2.23. The summed E-state index contributed by atoms with van der Waals surface area (Å²) in [4.78, 5) is 19.1. The Bertz CT molecular complexity index is 920. The number of hydrogen-bond acceptors (Lipinski definition) is 5. The van der Waals surface area contributed by atoms with Crippen molar-refractivity contribution in [3.8, 4) is 11.6 Å². The summed E-state index contributed by atoms with van der Waals surface area (Å²) in [6.07, 6.45) is 0. The van der Waals surface area contributed by atoms with Crippen LogP contribution in [0.2, 0.25) is 0 Å². The third-order valence-electron chi connectivity index (χ3n) is 3.85. The lowest BCUT2D eigenvalue weighted by Gasteiger charge is -2.30. The largest absolute Gasteiger partial charge is 0.446 e. The molecule has 8 heteroatoms. The molecule has 0 bridgehead atoms. The van der Waals surface area contributed by atoms with E-state index in [-0.39, 0.29) is 18.0 Å². The highest BCUT2D eigenvalue weighted by Crippen LogP contribution is 2.24. The summed E-state index contributed by atoms with van der Waals surface area (Å²) >= 11 is 3.26. The number of carbonyl (C=O) groups excluding carboxylic acids is 1. The number of rotatable bonds is 4. The number of halogens is 1. The van der Waals surface area contributed by atoms with Crippen LogP contribution in [0.3, 0.4) is 0 Å². The van der Waals surface area contributed by atoms with E-state index in [4.69, 9.17) is 10.2 Å². The summed E-state index contributed by atoms with van der Waals surface area (Å²) in [6.45, 7) is 7.96. The first-order valence-electron chi connectivity index (χ1n) is 8.02. The Balaban J connectivity index is 2.05. The van der Waals surface area contributed by atoms with Crippen LogP contribution in [0.25, 0.3) is 17.2 Å². The maximum absolute atomic E-state index is 12.9. The van der Waals surface area contributed by atoms with Crippen molar-refractivity contribution in [2.45, 2.75) is 39.8 Å². The molecule has 25 heavy (non-hydrogen) atoms. The summed E-state index contributed by atoms with van der Waals surface area (Å²) < 4.78 is 7.57. The van der Waals surface area contributed by atoms with E-state index >= 15 is 0 Å². The topological polar surface area (TPSA) is 89.7 Å². The van der Waals surface area contributed by atoms with Gasteiger partial charge in [0.05, 0.1) is 0 Å². The molecule has 0 saturated heterocycles. The second-order valence-corrected chi connectivity index (χ2v) is 7.16. The molecule has 0 aliphatic rings. The fourth-order valence-electron chi connectivity index (χ4n) is 2.89. The van der Waals surface area contributed by atoms with Crippen molar-refractivity contribution < 1.29 is 9.21 Å². The van der Waals surface area contributed by atoms with E-state index in [1.165, 1.54) is 4.52 Å². The molecule has 3 rings (SSSR count). The second-order valence-electron chi connectivity index (χ2n) is 6.38. The second kappa shape index (κ2) is 6.51. The Hall–Kier alpha value is -2.35. The number of amides is 1. The molecule has 132 valence electrons. The van der Waals surface area contributed by atoms with Gasteiger partial charge in [-0.2, -0.15) is 4.52 Å². The van der Waals surface area contributed by atoms with Gasteiger partial charge in [-0.3, -0.25) is 4.79 Å². The van der Waals surface area contributed by atoms with Gasteiger partial charge in [0.1, 0.15) is 5.82 Å². The van der Waals surface area contributed by atoms with Crippen LogP contribution in [-0.2, 0) is 0 Å². The van der Waals surface area contributed by atoms with Gasteiger partial charge in [0.15, 0.2) is 16.1 Å². The van der Waals surface area contributed by atoms with Gasteiger partial charge in [-0.05, 0) is 67.9 Å². The Labute approximate surface area is 153 Å². The maximum Gasteiger partial charge on any atom is 0.254 e. The number of nitrogens with zero attached hydrogens (tertiary/aromatic N) is 4. The van der Waals surface area contributed by atoms with E-state index in [2.05, 4.69) is 26.0 Å². The fourth-order valence-corrected chi connectivity index (χ4v) is 3.19. The summed E-state index contributed by atoms with van der Waals surface area (Å²) in [5.74, 6) is 1.20. The SMILES string of the molecule is CC(C)N(C(=O)c1cc(N)n2nc(-c3ccc(Br)o3)nc2c1)C(C)C. The molecule has 3 heterocycles. The Kier molecular flexibility index (Phi) is 4.55. The highest BCUT2D eigenvalue weighted by molar-refractivity contribution is 9.10. The molecule has 0 atom stereocenters. The zero-order valence-corrected chi connectivity index (χ0v) is 16.1. The van der Waals surface area contributed by atoms with E-state index in [0.717, 1.165) is 0 Å². The molecular formula is C17H20BrN5O2. The van der Waals surface area contributed by atoms with Crippen molar-refractivity contribution in [1.29, 1.82) is 0 Å². The molecule has 1 amide bonds. The van der Waals surface area contributed by atoms with Crippen molar-refractivity contribution in [1.82, 2.24) is 19.5 Å². The number of anilines is 1. The molecule has 3 aromatic rings. The number of nitrogens with two attached hydrogens (primary N) is 1. The Morgan fingerprint density at radius 2 is 1.92 bits per heavy atom. The zero-order chi connectivity index (χ0) is 18.3. The lowest BCUT2D eigenvalue weighted by atomic mass is 10.1. The number of furan rings is 1. The van der Waals surface area contributed by atoms with E-state index in [9.17, 15) is 4.79 Å². The standard InChI is InChI=1S/C17H20BrN5O2/c1-9(2)22(10(3)4)17(24)11-7-14(19)23-15(8-11)20-16(21-23)12-5-6-13(18)25-12/h5-10H,19H2,1-4H3. The van der Waals surface area contributed by atoms with Crippen LogP contribution >= 0.6 is 15.9 Å². The Morgan fingerprint density at radius 3 is 2.48 bits per heavy atom. The predicted molar refractivity (Wildman–Crippen MR) is 99.2 cm³/mol. The summed E-state index contributed by atoms with van der Waals surface area (Å²) in [5.41, 5.74) is 7.08. The number of nitrogen functional groups attached to an aromatic ring is 1. The normalized spacial score (nSPS) is 11.6. The van der Waals surface area contributed by atoms with E-state index in [1.807, 2.05) is 32.6 Å². The quantitative estimate of drug-likeness (QED) is 0.715. The molecule has 0 spiro atoms. The minimum absolute atomic E-state index is 0.0792. The van der Waals surface area contributed by atoms with Gasteiger partial charge in [0, 0.05) is 17.6 Å². The van der Waals surface area contributed by atoms with Gasteiger partial charge in [-0.15, -0.1) is 5.10 Å². The average molecular weight is 406 g/mol. The van der Waals surface area contributed by atoms with E-state index in [0.29, 0.717) is 33.3 Å². The maximum atomic E-state index is 12.9. The van der Waals surface area contributed by atoms with Crippen molar-refractivity contribution in [2.24, 2.45) is 0 Å². The molecule has 7 nitrogen and oxygen atoms in total. The number of aromatic nitrogens is 3. The van der Waals surface area contributed by atoms with Crippen molar-refractivity contribution in [2.75, 3.05) is 5.73 Å². The molecule has 0 aliphatic carbocycles. The van der Waals surface area contributed by atoms with Crippen LogP contribution < -0.4 is 5.73 Å². The molecule has 2 N–H and O–H groups in total. The Morgan fingerprint density at radius 1 is 1.24 bits per heavy atom. The first kappa shape index (κ1) is 17.5. The van der Waals surface area contributed by atoms with Crippen molar-refractivity contribution >= 4 is 33.3 Å². The highest BCUT2D eigenvalue weighted by atomic mass is 79.9. The number of pyridine rings is 1. The van der Waals surface area contributed by atoms with Crippen molar-refractivity contribution in [3.63, 3.8) is 0 Å². The smallest absolute Gasteiger partial charge is 0.254 e. The van der Waals surface area contributed by atoms with Gasteiger partial charge in [-0.1, -0.05) is 0 Å². The molecule has 0 radical (unpaired) electrons. The zero-order valence-electron chi connectivity index (χ0n) is 14.5. The summed E-state index contributed by atoms with van der Waals surface area (Å²) in [6, 6.07) is 7.02. The van der Waals surface area contributed by atoms with Gasteiger partial charge in [-0.25, -0.2) is 4.98 Å². The van der Waals surface area contributed by atoms with E-state index in [1.54, 1.807) is 24.3 Å². The lowest BCUT2D eigenvalue weighted by molar-refractivity contribution is 0.0643. The first-order valence-corrected chi connectivity index (χ1v) is 8.82. The monoisotopic (exact) mass is 405 g/mol. The van der Waals surface area contributed by atoms with Gasteiger partial charge in [0.2, 0.25) is 5.82 Å².